The summed E-state index contributed by atoms with van der Waals surface area (Å²) in [7, 11) is -4.15. The van der Waals surface area contributed by atoms with Crippen LogP contribution in [-0.2, 0) is 26.2 Å². The van der Waals surface area contributed by atoms with Crippen molar-refractivity contribution in [3.8, 4) is 0 Å². The zero-order chi connectivity index (χ0) is 29.6. The molecular weight excluding hydrogens is 581 g/mol. The van der Waals surface area contributed by atoms with Crippen molar-refractivity contribution < 1.29 is 18.0 Å². The largest absolute Gasteiger partial charge is 0.352 e. The first-order chi connectivity index (χ1) is 19.5. The van der Waals surface area contributed by atoms with Crippen LogP contribution >= 0.6 is 23.2 Å². The molecule has 1 fully saturated rings. The molecule has 0 aliphatic heterocycles. The van der Waals surface area contributed by atoms with Gasteiger partial charge >= 0.3 is 0 Å². The fraction of sp³-hybridized carbons (Fsp3) is 0.355. The number of anilines is 1. The summed E-state index contributed by atoms with van der Waals surface area (Å²) in [6, 6.07) is 19.0. The number of rotatable bonds is 10. The summed E-state index contributed by atoms with van der Waals surface area (Å²) in [5.41, 5.74) is 1.91. The first-order valence-corrected chi connectivity index (χ1v) is 15.9. The van der Waals surface area contributed by atoms with Gasteiger partial charge in [-0.25, -0.2) is 8.42 Å². The van der Waals surface area contributed by atoms with Gasteiger partial charge < -0.3 is 10.2 Å². The standard InChI is InChI=1S/C31H35Cl2N3O4S/c1-22-11-17-29(18-12-22)41(39,40)36(28-10-6-7-26(33)19-28)21-30(37)35(20-24-13-15-25(32)16-14-24)23(2)31(38)34-27-8-4-3-5-9-27/h6-7,10-19,23,27H,3-5,8-9,20-21H2,1-2H3,(H,34,38). The average Bonchev–Trinajstić information content (AvgIpc) is 2.95. The molecule has 10 heteroatoms. The van der Waals surface area contributed by atoms with Crippen molar-refractivity contribution in [2.24, 2.45) is 0 Å². The van der Waals surface area contributed by atoms with Crippen molar-refractivity contribution >= 4 is 50.7 Å². The number of amides is 2. The second-order valence-electron chi connectivity index (χ2n) is 10.5. The fourth-order valence-electron chi connectivity index (χ4n) is 4.94. The molecule has 4 rings (SSSR count). The van der Waals surface area contributed by atoms with Crippen molar-refractivity contribution in [1.29, 1.82) is 0 Å². The average molecular weight is 617 g/mol. The zero-order valence-electron chi connectivity index (χ0n) is 23.2. The summed E-state index contributed by atoms with van der Waals surface area (Å²) in [5, 5.41) is 3.98. The van der Waals surface area contributed by atoms with Crippen molar-refractivity contribution in [3.05, 3.63) is 94.0 Å². The molecule has 0 saturated heterocycles. The summed E-state index contributed by atoms with van der Waals surface area (Å²) in [6.07, 6.45) is 5.07. The van der Waals surface area contributed by atoms with Gasteiger partial charge in [0.15, 0.2) is 0 Å². The number of carbonyl (C=O) groups is 2. The van der Waals surface area contributed by atoms with Crippen LogP contribution in [0.2, 0.25) is 10.0 Å². The van der Waals surface area contributed by atoms with E-state index in [4.69, 9.17) is 23.2 Å². The van der Waals surface area contributed by atoms with Gasteiger partial charge in [-0.1, -0.05) is 78.4 Å². The van der Waals surface area contributed by atoms with E-state index in [-0.39, 0.29) is 29.1 Å². The summed E-state index contributed by atoms with van der Waals surface area (Å²) in [5.74, 6) is -0.795. The molecule has 1 aliphatic rings. The number of aryl methyl sites for hydroxylation is 1. The highest BCUT2D eigenvalue weighted by Gasteiger charge is 2.33. The van der Waals surface area contributed by atoms with Gasteiger partial charge in [-0.3, -0.25) is 13.9 Å². The predicted molar refractivity (Wildman–Crippen MR) is 164 cm³/mol. The van der Waals surface area contributed by atoms with Crippen molar-refractivity contribution in [2.45, 2.75) is 69.5 Å². The Morgan fingerprint density at radius 2 is 1.59 bits per heavy atom. The Morgan fingerprint density at radius 1 is 0.927 bits per heavy atom. The number of nitrogens with one attached hydrogen (secondary N) is 1. The van der Waals surface area contributed by atoms with Gasteiger partial charge in [0.2, 0.25) is 11.8 Å². The molecule has 0 spiro atoms. The number of hydrogen-bond donors (Lipinski definition) is 1. The third-order valence-electron chi connectivity index (χ3n) is 7.37. The Hall–Kier alpha value is -3.07. The van der Waals surface area contributed by atoms with Gasteiger partial charge in [0.1, 0.15) is 12.6 Å². The number of sulfonamides is 1. The Balaban J connectivity index is 1.67. The van der Waals surface area contributed by atoms with E-state index in [1.165, 1.54) is 23.1 Å². The van der Waals surface area contributed by atoms with E-state index in [2.05, 4.69) is 5.32 Å². The Labute approximate surface area is 252 Å². The number of hydrogen-bond acceptors (Lipinski definition) is 4. The highest BCUT2D eigenvalue weighted by Crippen LogP contribution is 2.27. The molecule has 7 nitrogen and oxygen atoms in total. The first-order valence-electron chi connectivity index (χ1n) is 13.7. The van der Waals surface area contributed by atoms with E-state index in [1.54, 1.807) is 61.5 Å². The molecule has 1 saturated carbocycles. The molecule has 0 radical (unpaired) electrons. The maximum Gasteiger partial charge on any atom is 0.264 e. The lowest BCUT2D eigenvalue weighted by atomic mass is 9.95. The molecule has 218 valence electrons. The van der Waals surface area contributed by atoms with Crippen LogP contribution in [0.3, 0.4) is 0 Å². The SMILES string of the molecule is Cc1ccc(S(=O)(=O)N(CC(=O)N(Cc2ccc(Cl)cc2)C(C)C(=O)NC2CCCCC2)c2cccc(Cl)c2)cc1. The summed E-state index contributed by atoms with van der Waals surface area (Å²) in [4.78, 5) is 28.9. The highest BCUT2D eigenvalue weighted by atomic mass is 35.5. The number of halogens is 2. The van der Waals surface area contributed by atoms with E-state index in [0.29, 0.717) is 10.0 Å². The molecule has 1 atom stereocenters. The van der Waals surface area contributed by atoms with Crippen LogP contribution in [0.25, 0.3) is 0 Å². The number of carbonyl (C=O) groups excluding carboxylic acids is 2. The van der Waals surface area contributed by atoms with Gasteiger partial charge in [0, 0.05) is 22.6 Å². The molecule has 0 bridgehead atoms. The van der Waals surface area contributed by atoms with Gasteiger partial charge in [0.05, 0.1) is 10.6 Å². The molecule has 1 unspecified atom stereocenters. The van der Waals surface area contributed by atoms with Crippen LogP contribution in [-0.4, -0.2) is 43.8 Å². The molecule has 41 heavy (non-hydrogen) atoms. The lowest BCUT2D eigenvalue weighted by Crippen LogP contribution is -2.53. The van der Waals surface area contributed by atoms with E-state index >= 15 is 0 Å². The first kappa shape index (κ1) is 30.9. The normalized spacial score (nSPS) is 14.7. The third kappa shape index (κ3) is 8.03. The maximum absolute atomic E-state index is 14.0. The van der Waals surface area contributed by atoms with Gasteiger partial charge in [-0.05, 0) is 74.7 Å². The van der Waals surface area contributed by atoms with Crippen LogP contribution in [0.5, 0.6) is 0 Å². The van der Waals surface area contributed by atoms with E-state index < -0.39 is 28.5 Å². The molecule has 3 aromatic carbocycles. The Kier molecular flexibility index (Phi) is 10.3. The minimum atomic E-state index is -4.15. The van der Waals surface area contributed by atoms with Crippen LogP contribution < -0.4 is 9.62 Å². The van der Waals surface area contributed by atoms with Crippen molar-refractivity contribution in [3.63, 3.8) is 0 Å². The quantitative estimate of drug-likeness (QED) is 0.287. The smallest absolute Gasteiger partial charge is 0.264 e. The van der Waals surface area contributed by atoms with Gasteiger partial charge in [-0.15, -0.1) is 0 Å². The highest BCUT2D eigenvalue weighted by molar-refractivity contribution is 7.92. The van der Waals surface area contributed by atoms with Crippen molar-refractivity contribution in [1.82, 2.24) is 10.2 Å². The summed E-state index contributed by atoms with van der Waals surface area (Å²) in [6.45, 7) is 3.11. The lowest BCUT2D eigenvalue weighted by Gasteiger charge is -2.33. The molecule has 1 N–H and O–H groups in total. The van der Waals surface area contributed by atoms with E-state index in [1.807, 2.05) is 6.92 Å². The molecule has 0 aromatic heterocycles. The molecule has 3 aromatic rings. The van der Waals surface area contributed by atoms with Crippen LogP contribution in [0.15, 0.2) is 77.7 Å². The minimum Gasteiger partial charge on any atom is -0.352 e. The molecular formula is C31H35Cl2N3O4S. The monoisotopic (exact) mass is 615 g/mol. The maximum atomic E-state index is 14.0. The van der Waals surface area contributed by atoms with Crippen LogP contribution in [0.1, 0.15) is 50.2 Å². The third-order valence-corrected chi connectivity index (χ3v) is 9.64. The van der Waals surface area contributed by atoms with Gasteiger partial charge in [0.25, 0.3) is 10.0 Å². The molecule has 0 heterocycles. The van der Waals surface area contributed by atoms with E-state index in [0.717, 1.165) is 47.5 Å². The Bertz CT molecular complexity index is 1460. The second-order valence-corrected chi connectivity index (χ2v) is 13.2. The minimum absolute atomic E-state index is 0.0446. The second kappa shape index (κ2) is 13.7. The lowest BCUT2D eigenvalue weighted by molar-refractivity contribution is -0.139. The molecule has 2 amide bonds. The Morgan fingerprint density at radius 3 is 2.22 bits per heavy atom. The number of nitrogens with zero attached hydrogens (tertiary/aromatic N) is 2. The zero-order valence-corrected chi connectivity index (χ0v) is 25.6. The topological polar surface area (TPSA) is 86.8 Å². The van der Waals surface area contributed by atoms with E-state index in [9.17, 15) is 18.0 Å². The van der Waals surface area contributed by atoms with Crippen LogP contribution in [0.4, 0.5) is 5.69 Å². The summed E-state index contributed by atoms with van der Waals surface area (Å²) >= 11 is 12.3. The predicted octanol–water partition coefficient (Wildman–Crippen LogP) is 6.36. The number of benzene rings is 3. The van der Waals surface area contributed by atoms with Crippen molar-refractivity contribution in [2.75, 3.05) is 10.8 Å². The van der Waals surface area contributed by atoms with Gasteiger partial charge in [-0.2, -0.15) is 0 Å². The fourth-order valence-corrected chi connectivity index (χ4v) is 6.65. The van der Waals surface area contributed by atoms with Crippen LogP contribution in [0, 0.1) is 6.92 Å². The molecule has 1 aliphatic carbocycles. The summed E-state index contributed by atoms with van der Waals surface area (Å²) < 4.78 is 28.8.